The van der Waals surface area contributed by atoms with E-state index in [1.165, 1.54) is 0 Å². The van der Waals surface area contributed by atoms with E-state index in [0.717, 1.165) is 6.92 Å². The van der Waals surface area contributed by atoms with E-state index in [1.54, 1.807) is 0 Å². The van der Waals surface area contributed by atoms with Crippen LogP contribution in [-0.2, 0) is 4.79 Å². The van der Waals surface area contributed by atoms with Gasteiger partial charge in [0.1, 0.15) is 0 Å². The maximum atomic E-state index is 9.65. The summed E-state index contributed by atoms with van der Waals surface area (Å²) >= 11 is 9.94. The second-order valence-corrected chi connectivity index (χ2v) is 2.88. The molecular formula is C3H3Cl2O2-. The molecule has 0 radical (unpaired) electrons. The minimum absolute atomic E-state index is 1.13. The molecular weight excluding hydrogens is 139 g/mol. The van der Waals surface area contributed by atoms with Crippen LogP contribution in [0.2, 0.25) is 0 Å². The van der Waals surface area contributed by atoms with Crippen molar-refractivity contribution in [3.05, 3.63) is 0 Å². The SMILES string of the molecule is CC(Cl)(Cl)C(=O)[O-]. The van der Waals surface area contributed by atoms with E-state index >= 15 is 0 Å². The van der Waals surface area contributed by atoms with Gasteiger partial charge in [0.05, 0.1) is 5.97 Å². The molecule has 0 saturated heterocycles. The van der Waals surface area contributed by atoms with Gasteiger partial charge in [-0.3, -0.25) is 0 Å². The van der Waals surface area contributed by atoms with Gasteiger partial charge in [0, 0.05) is 0 Å². The standard InChI is InChI=1S/C3H4Cl2O2/c1-3(4,5)2(6)7/h1H3,(H,6,7)/p-1. The quantitative estimate of drug-likeness (QED) is 0.480. The molecule has 0 aliphatic heterocycles. The van der Waals surface area contributed by atoms with Gasteiger partial charge < -0.3 is 9.90 Å². The summed E-state index contributed by atoms with van der Waals surface area (Å²) in [4.78, 5) is 9.65. The predicted octanol–water partition coefficient (Wildman–Crippen LogP) is -0.0699. The van der Waals surface area contributed by atoms with Gasteiger partial charge in [-0.15, -0.1) is 0 Å². The molecule has 42 valence electrons. The van der Waals surface area contributed by atoms with Crippen LogP contribution in [0.25, 0.3) is 0 Å². The highest BCUT2D eigenvalue weighted by Crippen LogP contribution is 2.17. The van der Waals surface area contributed by atoms with Gasteiger partial charge in [-0.05, 0) is 6.92 Å². The van der Waals surface area contributed by atoms with Gasteiger partial charge in [-0.2, -0.15) is 0 Å². The van der Waals surface area contributed by atoms with Gasteiger partial charge in [0.15, 0.2) is 4.33 Å². The number of carboxylic acids is 1. The first kappa shape index (κ1) is 7.05. The third-order valence-electron chi connectivity index (χ3n) is 0.358. The second-order valence-electron chi connectivity index (χ2n) is 1.18. The maximum absolute atomic E-state index is 9.65. The van der Waals surface area contributed by atoms with Gasteiger partial charge in [0.2, 0.25) is 0 Å². The minimum atomic E-state index is -1.75. The van der Waals surface area contributed by atoms with Crippen LogP contribution in [0.4, 0.5) is 0 Å². The number of hydrogen-bond acceptors (Lipinski definition) is 2. The number of alkyl halides is 2. The average Bonchev–Trinajstić information content (AvgIpc) is 1.31. The van der Waals surface area contributed by atoms with Crippen LogP contribution in [0.5, 0.6) is 0 Å². The molecule has 4 heteroatoms. The Morgan fingerprint density at radius 1 is 1.71 bits per heavy atom. The van der Waals surface area contributed by atoms with Crippen molar-refractivity contribution in [3.63, 3.8) is 0 Å². The van der Waals surface area contributed by atoms with Crippen molar-refractivity contribution < 1.29 is 9.90 Å². The normalized spacial score (nSPS) is 11.3. The van der Waals surface area contributed by atoms with Gasteiger partial charge in [-0.25, -0.2) is 0 Å². The van der Waals surface area contributed by atoms with Crippen molar-refractivity contribution in [1.82, 2.24) is 0 Å². The third-order valence-corrected chi connectivity index (χ3v) is 0.667. The highest BCUT2D eigenvalue weighted by atomic mass is 35.5. The topological polar surface area (TPSA) is 40.1 Å². The van der Waals surface area contributed by atoms with Crippen LogP contribution in [0.1, 0.15) is 6.92 Å². The van der Waals surface area contributed by atoms with Crippen molar-refractivity contribution >= 4 is 29.2 Å². The first-order valence-electron chi connectivity index (χ1n) is 1.54. The molecule has 0 aromatic rings. The van der Waals surface area contributed by atoms with Crippen LogP contribution in [0.15, 0.2) is 0 Å². The Balaban J connectivity index is 3.79. The molecule has 7 heavy (non-hydrogen) atoms. The molecule has 0 heterocycles. The smallest absolute Gasteiger partial charge is 0.154 e. The van der Waals surface area contributed by atoms with Crippen LogP contribution in [0.3, 0.4) is 0 Å². The van der Waals surface area contributed by atoms with E-state index in [-0.39, 0.29) is 0 Å². The molecule has 0 amide bonds. The zero-order chi connectivity index (χ0) is 6.08. The summed E-state index contributed by atoms with van der Waals surface area (Å²) in [5, 5.41) is 9.65. The molecule has 0 saturated carbocycles. The van der Waals surface area contributed by atoms with Gasteiger partial charge >= 0.3 is 0 Å². The average molecular weight is 142 g/mol. The number of carboxylic acid groups (broad SMARTS) is 1. The van der Waals surface area contributed by atoms with Crippen LogP contribution < -0.4 is 5.11 Å². The lowest BCUT2D eigenvalue weighted by atomic mass is 10.5. The summed E-state index contributed by atoms with van der Waals surface area (Å²) in [7, 11) is 0. The van der Waals surface area contributed by atoms with E-state index in [1.807, 2.05) is 0 Å². The zero-order valence-corrected chi connectivity index (χ0v) is 5.08. The fraction of sp³-hybridized carbons (Fsp3) is 0.667. The number of halogens is 2. The largest absolute Gasteiger partial charge is 0.547 e. The monoisotopic (exact) mass is 141 g/mol. The Morgan fingerprint density at radius 3 is 1.86 bits per heavy atom. The molecule has 0 spiro atoms. The maximum Gasteiger partial charge on any atom is 0.154 e. The predicted molar refractivity (Wildman–Crippen MR) is 25.1 cm³/mol. The molecule has 0 rings (SSSR count). The Morgan fingerprint density at radius 2 is 1.86 bits per heavy atom. The lowest BCUT2D eigenvalue weighted by Crippen LogP contribution is -2.37. The molecule has 2 nitrogen and oxygen atoms in total. The summed E-state index contributed by atoms with van der Waals surface area (Å²) in [5.74, 6) is -1.48. The molecule has 0 aliphatic rings. The fourth-order valence-electron chi connectivity index (χ4n) is 0. The Hall–Kier alpha value is 0.0500. The van der Waals surface area contributed by atoms with E-state index < -0.39 is 10.3 Å². The van der Waals surface area contributed by atoms with Crippen molar-refractivity contribution in [1.29, 1.82) is 0 Å². The molecule has 0 aliphatic carbocycles. The summed E-state index contributed by atoms with van der Waals surface area (Å²) in [6, 6.07) is 0. The molecule has 0 unspecified atom stereocenters. The molecule has 0 atom stereocenters. The van der Waals surface area contributed by atoms with Crippen LogP contribution >= 0.6 is 23.2 Å². The highest BCUT2D eigenvalue weighted by molar-refractivity contribution is 6.56. The Bertz CT molecular complexity index is 83.4. The number of carbonyl (C=O) groups is 1. The van der Waals surface area contributed by atoms with E-state index in [0.29, 0.717) is 0 Å². The third kappa shape index (κ3) is 2.71. The van der Waals surface area contributed by atoms with Crippen LogP contribution in [0, 0.1) is 0 Å². The highest BCUT2D eigenvalue weighted by Gasteiger charge is 2.16. The van der Waals surface area contributed by atoms with E-state index in [4.69, 9.17) is 23.2 Å². The number of rotatable bonds is 1. The second kappa shape index (κ2) is 1.88. The Kier molecular flexibility index (Phi) is 1.90. The number of hydrogen-bond donors (Lipinski definition) is 0. The molecule has 0 bridgehead atoms. The summed E-state index contributed by atoms with van der Waals surface area (Å²) in [6.45, 7) is 1.13. The summed E-state index contributed by atoms with van der Waals surface area (Å²) in [5.41, 5.74) is 0. The molecule has 0 fully saturated rings. The minimum Gasteiger partial charge on any atom is -0.547 e. The van der Waals surface area contributed by atoms with E-state index in [9.17, 15) is 9.90 Å². The lowest BCUT2D eigenvalue weighted by Gasteiger charge is -2.12. The molecule has 0 aromatic heterocycles. The first-order valence-corrected chi connectivity index (χ1v) is 2.29. The molecule has 0 aromatic carbocycles. The molecule has 0 N–H and O–H groups in total. The fourth-order valence-corrected chi connectivity index (χ4v) is 0. The summed E-state index contributed by atoms with van der Waals surface area (Å²) < 4.78 is -1.75. The van der Waals surface area contributed by atoms with Crippen molar-refractivity contribution in [3.8, 4) is 0 Å². The Labute approximate surface area is 51.0 Å². The lowest BCUT2D eigenvalue weighted by molar-refractivity contribution is -0.306. The van der Waals surface area contributed by atoms with Gasteiger partial charge in [0.25, 0.3) is 0 Å². The summed E-state index contributed by atoms with van der Waals surface area (Å²) in [6.07, 6.45) is 0. The number of aliphatic carboxylic acids is 1. The van der Waals surface area contributed by atoms with E-state index in [2.05, 4.69) is 0 Å². The van der Waals surface area contributed by atoms with Gasteiger partial charge in [-0.1, -0.05) is 23.2 Å². The zero-order valence-electron chi connectivity index (χ0n) is 3.57. The first-order chi connectivity index (χ1) is 2.94. The number of carbonyl (C=O) groups excluding carboxylic acids is 1. The van der Waals surface area contributed by atoms with Crippen molar-refractivity contribution in [2.45, 2.75) is 11.3 Å². The van der Waals surface area contributed by atoms with Crippen molar-refractivity contribution in [2.75, 3.05) is 0 Å². The van der Waals surface area contributed by atoms with Crippen molar-refractivity contribution in [2.24, 2.45) is 0 Å². The van der Waals surface area contributed by atoms with Crippen LogP contribution in [-0.4, -0.2) is 10.3 Å².